The summed E-state index contributed by atoms with van der Waals surface area (Å²) in [5.41, 5.74) is 2.32. The Kier molecular flexibility index (Phi) is 4.52. The van der Waals surface area contributed by atoms with Crippen molar-refractivity contribution >= 4 is 11.7 Å². The van der Waals surface area contributed by atoms with E-state index in [-0.39, 0.29) is 17.5 Å². The van der Waals surface area contributed by atoms with Crippen LogP contribution >= 0.6 is 0 Å². The van der Waals surface area contributed by atoms with Crippen molar-refractivity contribution < 1.29 is 9.18 Å². The second-order valence-electron chi connectivity index (χ2n) is 4.85. The largest absolute Gasteiger partial charge is 0.372 e. The maximum atomic E-state index is 13.3. The summed E-state index contributed by atoms with van der Waals surface area (Å²) in [7, 11) is 1.64. The number of carbonyl (C=O) groups excluding carboxylic acids is 1. The van der Waals surface area contributed by atoms with Gasteiger partial charge in [-0.05, 0) is 31.0 Å². The van der Waals surface area contributed by atoms with Crippen LogP contribution in [0.5, 0.6) is 0 Å². The minimum absolute atomic E-state index is 0.174. The van der Waals surface area contributed by atoms with E-state index in [2.05, 4.69) is 15.6 Å². The van der Waals surface area contributed by atoms with Crippen molar-refractivity contribution in [2.75, 3.05) is 12.4 Å². The van der Waals surface area contributed by atoms with E-state index in [4.69, 9.17) is 0 Å². The second kappa shape index (κ2) is 6.35. The number of aromatic nitrogens is 1. The summed E-state index contributed by atoms with van der Waals surface area (Å²) in [6.45, 7) is 3.88. The highest BCUT2D eigenvalue weighted by atomic mass is 19.1. The zero-order valence-corrected chi connectivity index (χ0v) is 12.3. The van der Waals surface area contributed by atoms with Gasteiger partial charge in [0.05, 0.1) is 17.8 Å². The van der Waals surface area contributed by atoms with Gasteiger partial charge in [-0.2, -0.15) is 0 Å². The molecule has 110 valence electrons. The molecule has 0 radical (unpaired) electrons. The number of hydrogen-bond acceptors (Lipinski definition) is 3. The normalized spacial score (nSPS) is 11.8. The molecule has 1 aromatic carbocycles. The van der Waals surface area contributed by atoms with Crippen molar-refractivity contribution in [1.82, 2.24) is 10.3 Å². The quantitative estimate of drug-likeness (QED) is 0.908. The van der Waals surface area contributed by atoms with Gasteiger partial charge in [0.25, 0.3) is 5.91 Å². The molecule has 5 heteroatoms. The number of benzene rings is 1. The van der Waals surface area contributed by atoms with Crippen molar-refractivity contribution in [2.45, 2.75) is 19.9 Å². The third-order valence-corrected chi connectivity index (χ3v) is 3.34. The molecule has 1 atom stereocenters. The Labute approximate surface area is 123 Å². The zero-order chi connectivity index (χ0) is 15.4. The van der Waals surface area contributed by atoms with Crippen molar-refractivity contribution in [3.05, 3.63) is 59.0 Å². The van der Waals surface area contributed by atoms with Crippen LogP contribution in [-0.4, -0.2) is 17.9 Å². The standard InChI is InChI=1S/C16H18FN3O/c1-10-6-4-5-7-13(10)11(2)20-16(21)14-8-12(17)9-19-15(14)18-3/h4-9,11H,1-3H3,(H,18,19)(H,20,21). The minimum Gasteiger partial charge on any atom is -0.372 e. The first-order valence-corrected chi connectivity index (χ1v) is 6.72. The van der Waals surface area contributed by atoms with Gasteiger partial charge in [0.15, 0.2) is 0 Å². The molecular formula is C16H18FN3O. The van der Waals surface area contributed by atoms with Crippen LogP contribution < -0.4 is 10.6 Å². The molecule has 0 bridgehead atoms. The first kappa shape index (κ1) is 15.0. The number of nitrogens with zero attached hydrogens (tertiary/aromatic N) is 1. The predicted octanol–water partition coefficient (Wildman–Crippen LogP) is 3.06. The average molecular weight is 287 g/mol. The molecule has 0 aliphatic heterocycles. The van der Waals surface area contributed by atoms with Crippen LogP contribution in [0.25, 0.3) is 0 Å². The van der Waals surface area contributed by atoms with E-state index in [0.717, 1.165) is 17.3 Å². The number of aryl methyl sites for hydroxylation is 1. The minimum atomic E-state index is -0.539. The maximum absolute atomic E-state index is 13.3. The van der Waals surface area contributed by atoms with E-state index in [1.165, 1.54) is 6.07 Å². The summed E-state index contributed by atoms with van der Waals surface area (Å²) < 4.78 is 13.3. The van der Waals surface area contributed by atoms with Gasteiger partial charge < -0.3 is 10.6 Å². The molecule has 2 rings (SSSR count). The SMILES string of the molecule is CNc1ncc(F)cc1C(=O)NC(C)c1ccccc1C. The maximum Gasteiger partial charge on any atom is 0.255 e. The number of halogens is 1. The molecule has 0 aliphatic carbocycles. The molecular weight excluding hydrogens is 269 g/mol. The summed E-state index contributed by atoms with van der Waals surface area (Å²) in [4.78, 5) is 16.2. The van der Waals surface area contributed by atoms with Gasteiger partial charge in [0, 0.05) is 7.05 Å². The van der Waals surface area contributed by atoms with Crippen molar-refractivity contribution in [3.63, 3.8) is 0 Å². The molecule has 0 saturated carbocycles. The molecule has 0 saturated heterocycles. The van der Waals surface area contributed by atoms with E-state index in [1.807, 2.05) is 38.1 Å². The molecule has 1 amide bonds. The van der Waals surface area contributed by atoms with Gasteiger partial charge in [0.1, 0.15) is 11.6 Å². The van der Waals surface area contributed by atoms with Gasteiger partial charge in [-0.25, -0.2) is 9.37 Å². The van der Waals surface area contributed by atoms with Crippen LogP contribution in [0, 0.1) is 12.7 Å². The van der Waals surface area contributed by atoms with Crippen molar-refractivity contribution in [1.29, 1.82) is 0 Å². The van der Waals surface area contributed by atoms with E-state index in [1.54, 1.807) is 7.05 Å². The first-order valence-electron chi connectivity index (χ1n) is 6.72. The highest BCUT2D eigenvalue weighted by Gasteiger charge is 2.17. The molecule has 0 spiro atoms. The molecule has 1 aromatic heterocycles. The van der Waals surface area contributed by atoms with Crippen LogP contribution in [0.4, 0.5) is 10.2 Å². The summed E-state index contributed by atoms with van der Waals surface area (Å²) in [5, 5.41) is 5.66. The molecule has 1 unspecified atom stereocenters. The van der Waals surface area contributed by atoms with Crippen LogP contribution in [0.3, 0.4) is 0 Å². The fourth-order valence-electron chi connectivity index (χ4n) is 2.24. The monoisotopic (exact) mass is 287 g/mol. The third kappa shape index (κ3) is 3.37. The number of rotatable bonds is 4. The molecule has 1 heterocycles. The Hall–Kier alpha value is -2.43. The van der Waals surface area contributed by atoms with Crippen molar-refractivity contribution in [2.24, 2.45) is 0 Å². The summed E-state index contributed by atoms with van der Waals surface area (Å²) >= 11 is 0. The zero-order valence-electron chi connectivity index (χ0n) is 12.3. The Bertz CT molecular complexity index is 658. The third-order valence-electron chi connectivity index (χ3n) is 3.34. The van der Waals surface area contributed by atoms with E-state index in [0.29, 0.717) is 5.82 Å². The molecule has 21 heavy (non-hydrogen) atoms. The topological polar surface area (TPSA) is 54.0 Å². The Balaban J connectivity index is 2.22. The first-order chi connectivity index (χ1) is 10.0. The van der Waals surface area contributed by atoms with Gasteiger partial charge in [-0.1, -0.05) is 24.3 Å². The molecule has 0 fully saturated rings. The number of amides is 1. The lowest BCUT2D eigenvalue weighted by Gasteiger charge is -2.17. The fraction of sp³-hybridized carbons (Fsp3) is 0.250. The number of anilines is 1. The number of hydrogen-bond donors (Lipinski definition) is 2. The van der Waals surface area contributed by atoms with Gasteiger partial charge in [-0.15, -0.1) is 0 Å². The summed E-state index contributed by atoms with van der Waals surface area (Å²) in [6.07, 6.45) is 1.08. The number of carbonyl (C=O) groups is 1. The molecule has 4 nitrogen and oxygen atoms in total. The molecule has 0 aliphatic rings. The molecule has 2 N–H and O–H groups in total. The van der Waals surface area contributed by atoms with Crippen LogP contribution in [-0.2, 0) is 0 Å². The second-order valence-corrected chi connectivity index (χ2v) is 4.85. The van der Waals surface area contributed by atoms with Gasteiger partial charge in [-0.3, -0.25) is 4.79 Å². The summed E-state index contributed by atoms with van der Waals surface area (Å²) in [5.74, 6) is -0.546. The smallest absolute Gasteiger partial charge is 0.255 e. The number of nitrogens with one attached hydrogen (secondary N) is 2. The van der Waals surface area contributed by atoms with E-state index >= 15 is 0 Å². The van der Waals surface area contributed by atoms with Crippen molar-refractivity contribution in [3.8, 4) is 0 Å². The lowest BCUT2D eigenvalue weighted by Crippen LogP contribution is -2.28. The Morgan fingerprint density at radius 2 is 2.05 bits per heavy atom. The molecule has 2 aromatic rings. The average Bonchev–Trinajstić information content (AvgIpc) is 2.47. The number of pyridine rings is 1. The van der Waals surface area contributed by atoms with E-state index in [9.17, 15) is 9.18 Å². The van der Waals surface area contributed by atoms with Crippen LogP contribution in [0.2, 0.25) is 0 Å². The van der Waals surface area contributed by atoms with Crippen LogP contribution in [0.15, 0.2) is 36.5 Å². The van der Waals surface area contributed by atoms with Gasteiger partial charge in [0.2, 0.25) is 0 Å². The predicted molar refractivity (Wildman–Crippen MR) is 80.8 cm³/mol. The Morgan fingerprint density at radius 3 is 2.71 bits per heavy atom. The fourth-order valence-corrected chi connectivity index (χ4v) is 2.24. The highest BCUT2D eigenvalue weighted by Crippen LogP contribution is 2.19. The van der Waals surface area contributed by atoms with E-state index < -0.39 is 5.82 Å². The lowest BCUT2D eigenvalue weighted by molar-refractivity contribution is 0.0940. The highest BCUT2D eigenvalue weighted by molar-refractivity contribution is 5.98. The Morgan fingerprint density at radius 1 is 1.33 bits per heavy atom. The van der Waals surface area contributed by atoms with Crippen LogP contribution in [0.1, 0.15) is 34.5 Å². The summed E-state index contributed by atoms with van der Waals surface area (Å²) in [6, 6.07) is 8.82. The van der Waals surface area contributed by atoms with Gasteiger partial charge >= 0.3 is 0 Å². The lowest BCUT2D eigenvalue weighted by atomic mass is 10.0.